The molecule has 2 rings (SSSR count). The van der Waals surface area contributed by atoms with Crippen molar-refractivity contribution in [3.63, 3.8) is 0 Å². The van der Waals surface area contributed by atoms with Crippen LogP contribution in [0.5, 0.6) is 0 Å². The Hall–Kier alpha value is -2.01. The van der Waals surface area contributed by atoms with Crippen molar-refractivity contribution in [1.82, 2.24) is 10.3 Å². The molecule has 2 aromatic rings. The first-order valence-electron chi connectivity index (χ1n) is 5.88. The van der Waals surface area contributed by atoms with Crippen LogP contribution in [-0.2, 0) is 0 Å². The highest BCUT2D eigenvalue weighted by Gasteiger charge is 2.07. The van der Waals surface area contributed by atoms with Gasteiger partial charge in [0.05, 0.1) is 17.9 Å². The van der Waals surface area contributed by atoms with Crippen molar-refractivity contribution in [2.75, 3.05) is 5.32 Å². The van der Waals surface area contributed by atoms with Crippen molar-refractivity contribution in [2.24, 2.45) is 0 Å². The lowest BCUT2D eigenvalue weighted by Crippen LogP contribution is -2.30. The summed E-state index contributed by atoms with van der Waals surface area (Å²) in [6.45, 7) is 1.96. The Labute approximate surface area is 116 Å². The second-order valence-electron chi connectivity index (χ2n) is 4.11. The van der Waals surface area contributed by atoms with Crippen LogP contribution in [0.2, 0.25) is 0 Å². The molecule has 0 fully saturated rings. The molecule has 3 nitrogen and oxygen atoms in total. The molecule has 0 unspecified atom stereocenters. The first kappa shape index (κ1) is 13.4. The Kier molecular flexibility index (Phi) is 4.41. The van der Waals surface area contributed by atoms with Gasteiger partial charge >= 0.3 is 0 Å². The molecule has 0 aliphatic rings. The Bertz CT molecular complexity index is 542. The summed E-state index contributed by atoms with van der Waals surface area (Å²) >= 11 is 5.21. The van der Waals surface area contributed by atoms with E-state index in [1.165, 1.54) is 12.1 Å². The number of nitrogens with zero attached hydrogens (tertiary/aromatic N) is 1. The maximum Gasteiger partial charge on any atom is 0.171 e. The van der Waals surface area contributed by atoms with Gasteiger partial charge < -0.3 is 10.6 Å². The summed E-state index contributed by atoms with van der Waals surface area (Å²) in [5.74, 6) is -0.244. The third-order valence-corrected chi connectivity index (χ3v) is 2.86. The van der Waals surface area contributed by atoms with Crippen molar-refractivity contribution >= 4 is 23.0 Å². The highest BCUT2D eigenvalue weighted by Crippen LogP contribution is 2.13. The zero-order chi connectivity index (χ0) is 13.7. The number of nitrogens with one attached hydrogen (secondary N) is 2. The van der Waals surface area contributed by atoms with Gasteiger partial charge in [0.25, 0.3) is 0 Å². The summed E-state index contributed by atoms with van der Waals surface area (Å²) in [7, 11) is 0. The van der Waals surface area contributed by atoms with Gasteiger partial charge in [0.15, 0.2) is 5.11 Å². The molecule has 0 amide bonds. The van der Waals surface area contributed by atoms with Crippen molar-refractivity contribution in [3.05, 3.63) is 60.2 Å². The maximum atomic E-state index is 12.8. The maximum absolute atomic E-state index is 12.8. The number of anilines is 1. The number of benzene rings is 1. The zero-order valence-electron chi connectivity index (χ0n) is 10.4. The molecule has 98 valence electrons. The smallest absolute Gasteiger partial charge is 0.171 e. The summed E-state index contributed by atoms with van der Waals surface area (Å²) in [6.07, 6.45) is 3.39. The van der Waals surface area contributed by atoms with Crippen molar-refractivity contribution in [1.29, 1.82) is 0 Å². The van der Waals surface area contributed by atoms with Crippen molar-refractivity contribution in [3.8, 4) is 0 Å². The van der Waals surface area contributed by atoms with Crippen LogP contribution in [0.3, 0.4) is 0 Å². The predicted molar refractivity (Wildman–Crippen MR) is 78.4 cm³/mol. The quantitative estimate of drug-likeness (QED) is 0.843. The minimum atomic E-state index is -0.244. The van der Waals surface area contributed by atoms with E-state index < -0.39 is 0 Å². The Morgan fingerprint density at radius 3 is 2.63 bits per heavy atom. The van der Waals surface area contributed by atoms with Gasteiger partial charge in [-0.25, -0.2) is 4.39 Å². The molecule has 2 N–H and O–H groups in total. The standard InChI is InChI=1S/C14H14FN3S/c1-10(11-4-6-12(15)7-5-11)17-14(19)18-13-3-2-8-16-9-13/h2-10H,1H3,(H2,17,18,19)/t10-/m0/s1. The second-order valence-corrected chi connectivity index (χ2v) is 4.52. The van der Waals surface area contributed by atoms with Gasteiger partial charge in [-0.2, -0.15) is 0 Å². The largest absolute Gasteiger partial charge is 0.356 e. The van der Waals surface area contributed by atoms with E-state index in [1.54, 1.807) is 24.5 Å². The molecule has 0 saturated carbocycles. The molecule has 0 radical (unpaired) electrons. The third-order valence-electron chi connectivity index (χ3n) is 2.64. The molecule has 19 heavy (non-hydrogen) atoms. The van der Waals surface area contributed by atoms with E-state index in [9.17, 15) is 4.39 Å². The normalized spacial score (nSPS) is 11.7. The number of hydrogen-bond acceptors (Lipinski definition) is 2. The van der Waals surface area contributed by atoms with Crippen molar-refractivity contribution in [2.45, 2.75) is 13.0 Å². The van der Waals surface area contributed by atoms with Crippen LogP contribution >= 0.6 is 12.2 Å². The lowest BCUT2D eigenvalue weighted by molar-refractivity contribution is 0.624. The minimum Gasteiger partial charge on any atom is -0.356 e. The molecule has 0 aliphatic carbocycles. The Balaban J connectivity index is 1.93. The molecular weight excluding hydrogens is 261 g/mol. The summed E-state index contributed by atoms with van der Waals surface area (Å²) in [4.78, 5) is 3.99. The van der Waals surface area contributed by atoms with Gasteiger partial charge in [-0.3, -0.25) is 4.98 Å². The van der Waals surface area contributed by atoms with E-state index in [4.69, 9.17) is 12.2 Å². The number of rotatable bonds is 3. The Morgan fingerprint density at radius 1 is 1.26 bits per heavy atom. The lowest BCUT2D eigenvalue weighted by Gasteiger charge is -2.17. The van der Waals surface area contributed by atoms with Crippen LogP contribution in [0, 0.1) is 5.82 Å². The molecule has 1 aromatic carbocycles. The summed E-state index contributed by atoms with van der Waals surface area (Å²) in [5.41, 5.74) is 1.79. The number of halogens is 1. The Morgan fingerprint density at radius 2 is 2.00 bits per heavy atom. The van der Waals surface area contributed by atoms with Gasteiger partial charge in [-0.15, -0.1) is 0 Å². The topological polar surface area (TPSA) is 37.0 Å². The monoisotopic (exact) mass is 275 g/mol. The van der Waals surface area contributed by atoms with Gasteiger partial charge in [0.1, 0.15) is 5.82 Å². The SMILES string of the molecule is C[C@H](NC(=S)Nc1cccnc1)c1ccc(F)cc1. The molecule has 0 aliphatic heterocycles. The molecule has 0 bridgehead atoms. The average molecular weight is 275 g/mol. The van der Waals surface area contributed by atoms with Crippen LogP contribution in [0.1, 0.15) is 18.5 Å². The third kappa shape index (κ3) is 3.99. The fourth-order valence-corrected chi connectivity index (χ4v) is 1.93. The molecular formula is C14H14FN3S. The molecule has 1 heterocycles. The van der Waals surface area contributed by atoms with Crippen molar-refractivity contribution < 1.29 is 4.39 Å². The molecule has 1 aromatic heterocycles. The van der Waals surface area contributed by atoms with Gasteiger partial charge in [-0.1, -0.05) is 12.1 Å². The van der Waals surface area contributed by atoms with E-state index in [-0.39, 0.29) is 11.9 Å². The zero-order valence-corrected chi connectivity index (χ0v) is 11.2. The predicted octanol–water partition coefficient (Wildman–Crippen LogP) is 3.27. The van der Waals surface area contributed by atoms with Gasteiger partial charge in [0.2, 0.25) is 0 Å². The van der Waals surface area contributed by atoms with Gasteiger partial charge in [-0.05, 0) is 49.0 Å². The number of thiocarbonyl (C=S) groups is 1. The number of pyridine rings is 1. The first-order valence-corrected chi connectivity index (χ1v) is 6.29. The van der Waals surface area contributed by atoms with E-state index in [0.29, 0.717) is 5.11 Å². The van der Waals surface area contributed by atoms with E-state index in [0.717, 1.165) is 11.3 Å². The fraction of sp³-hybridized carbons (Fsp3) is 0.143. The highest BCUT2D eigenvalue weighted by molar-refractivity contribution is 7.80. The second kappa shape index (κ2) is 6.24. The summed E-state index contributed by atoms with van der Waals surface area (Å²) < 4.78 is 12.8. The molecule has 1 atom stereocenters. The number of aromatic nitrogens is 1. The molecule has 0 saturated heterocycles. The summed E-state index contributed by atoms with van der Waals surface area (Å²) in [5, 5.41) is 6.68. The molecule has 5 heteroatoms. The van der Waals surface area contributed by atoms with Crippen LogP contribution in [0.15, 0.2) is 48.8 Å². The summed E-state index contributed by atoms with van der Waals surface area (Å²) in [6, 6.07) is 10.0. The van der Waals surface area contributed by atoms with Crippen LogP contribution in [-0.4, -0.2) is 10.1 Å². The van der Waals surface area contributed by atoms with Crippen LogP contribution in [0.4, 0.5) is 10.1 Å². The average Bonchev–Trinajstić information content (AvgIpc) is 2.40. The fourth-order valence-electron chi connectivity index (χ4n) is 1.64. The van der Waals surface area contributed by atoms with E-state index in [1.807, 2.05) is 19.1 Å². The van der Waals surface area contributed by atoms with Crippen LogP contribution in [0.25, 0.3) is 0 Å². The first-order chi connectivity index (χ1) is 9.15. The molecule has 0 spiro atoms. The lowest BCUT2D eigenvalue weighted by atomic mass is 10.1. The van der Waals surface area contributed by atoms with Crippen LogP contribution < -0.4 is 10.6 Å². The van der Waals surface area contributed by atoms with E-state index >= 15 is 0 Å². The van der Waals surface area contributed by atoms with Gasteiger partial charge in [0, 0.05) is 6.20 Å². The van der Waals surface area contributed by atoms with E-state index in [2.05, 4.69) is 15.6 Å². The minimum absolute atomic E-state index is 0.00253. The highest BCUT2D eigenvalue weighted by atomic mass is 32.1. The number of hydrogen-bond donors (Lipinski definition) is 2.